The smallest absolute Gasteiger partial charge is 0.462 e. The van der Waals surface area contributed by atoms with Gasteiger partial charge in [-0.25, -0.2) is 4.79 Å². The number of aromatic nitrogens is 1. The molecule has 0 radical (unpaired) electrons. The second-order valence-corrected chi connectivity index (χ2v) is 7.76. The molecule has 1 aliphatic heterocycles. The fraction of sp³-hybridized carbons (Fsp3) is 0.500. The van der Waals surface area contributed by atoms with Crippen molar-refractivity contribution in [1.82, 2.24) is 4.40 Å². The Hall–Kier alpha value is -2.12. The third-order valence-corrected chi connectivity index (χ3v) is 5.79. The first-order valence-corrected chi connectivity index (χ1v) is 9.24. The van der Waals surface area contributed by atoms with Gasteiger partial charge in [-0.1, -0.05) is 6.92 Å². The molecule has 3 rings (SSSR count). The molecule has 3 heterocycles. The van der Waals surface area contributed by atoms with Crippen molar-refractivity contribution in [3.8, 4) is 0 Å². The lowest BCUT2D eigenvalue weighted by molar-refractivity contribution is -0.131. The third kappa shape index (κ3) is 3.30. The summed E-state index contributed by atoms with van der Waals surface area (Å²) < 4.78 is 19.4. The summed E-state index contributed by atoms with van der Waals surface area (Å²) in [6.45, 7) is 11.4. The van der Waals surface area contributed by atoms with Crippen molar-refractivity contribution >= 4 is 29.9 Å². The molecule has 27 heavy (non-hydrogen) atoms. The number of hydrogen-bond acceptors (Lipinski definition) is 5. The Morgan fingerprint density at radius 3 is 2.59 bits per heavy atom. The predicted octanol–water partition coefficient (Wildman–Crippen LogP) is 2.62. The molecular weight excluding hydrogens is 345 g/mol. The van der Waals surface area contributed by atoms with E-state index in [1.165, 1.54) is 0 Å². The van der Waals surface area contributed by atoms with Gasteiger partial charge >= 0.3 is 13.1 Å². The van der Waals surface area contributed by atoms with E-state index >= 15 is 0 Å². The van der Waals surface area contributed by atoms with Gasteiger partial charge < -0.3 is 18.4 Å². The van der Waals surface area contributed by atoms with Gasteiger partial charge in [-0.05, 0) is 52.8 Å². The van der Waals surface area contributed by atoms with Gasteiger partial charge in [0.2, 0.25) is 0 Å². The maximum absolute atomic E-state index is 12.0. The topological polar surface area (TPSA) is 66.2 Å². The zero-order chi connectivity index (χ0) is 20.0. The molecule has 1 fully saturated rings. The van der Waals surface area contributed by atoms with Crippen molar-refractivity contribution in [3.05, 3.63) is 36.2 Å². The van der Waals surface area contributed by atoms with E-state index in [0.717, 1.165) is 11.0 Å². The molecule has 0 saturated carbocycles. The van der Waals surface area contributed by atoms with E-state index < -0.39 is 18.3 Å². The predicted molar refractivity (Wildman–Crippen MR) is 103 cm³/mol. The number of Topliss-reactive ketones (excluding diaryl/α,β-unsaturated/α-hetero) is 1. The molecule has 0 aromatic carbocycles. The summed E-state index contributed by atoms with van der Waals surface area (Å²) in [5.74, 6) is -0.582. The Morgan fingerprint density at radius 2 is 1.96 bits per heavy atom. The van der Waals surface area contributed by atoms with Crippen molar-refractivity contribution in [2.24, 2.45) is 5.92 Å². The van der Waals surface area contributed by atoms with Gasteiger partial charge in [0.1, 0.15) is 5.78 Å². The summed E-state index contributed by atoms with van der Waals surface area (Å²) >= 11 is 0. The van der Waals surface area contributed by atoms with Crippen LogP contribution in [0.1, 0.15) is 51.9 Å². The SMILES string of the molecule is CCOC(=O)c1ccn2cc(B3OC(C)(C)C(C)(C(C)C(C)=O)O3)cc2c1. The van der Waals surface area contributed by atoms with Crippen LogP contribution in [0.5, 0.6) is 0 Å². The average molecular weight is 371 g/mol. The molecule has 1 saturated heterocycles. The second kappa shape index (κ2) is 6.80. The quantitative estimate of drug-likeness (QED) is 0.597. The van der Waals surface area contributed by atoms with Gasteiger partial charge in [-0.3, -0.25) is 4.79 Å². The number of ether oxygens (including phenoxy) is 1. The Balaban J connectivity index is 1.92. The largest absolute Gasteiger partial charge is 0.496 e. The second-order valence-electron chi connectivity index (χ2n) is 7.76. The van der Waals surface area contributed by atoms with Gasteiger partial charge in [0.05, 0.1) is 23.4 Å². The zero-order valence-electron chi connectivity index (χ0n) is 16.7. The number of esters is 1. The molecule has 0 aliphatic carbocycles. The van der Waals surface area contributed by atoms with Crippen LogP contribution in [0.25, 0.3) is 5.52 Å². The summed E-state index contributed by atoms with van der Waals surface area (Å²) in [6, 6.07) is 5.42. The number of ketones is 1. The maximum Gasteiger partial charge on any atom is 0.496 e. The fourth-order valence-corrected chi connectivity index (χ4v) is 3.52. The number of carbonyl (C=O) groups excluding carboxylic acids is 2. The van der Waals surface area contributed by atoms with Gasteiger partial charge in [-0.15, -0.1) is 0 Å². The van der Waals surface area contributed by atoms with Crippen molar-refractivity contribution in [2.75, 3.05) is 6.61 Å². The number of carbonyl (C=O) groups is 2. The number of nitrogens with zero attached hydrogens (tertiary/aromatic N) is 1. The van der Waals surface area contributed by atoms with Crippen molar-refractivity contribution in [1.29, 1.82) is 0 Å². The van der Waals surface area contributed by atoms with Crippen LogP contribution in [0, 0.1) is 5.92 Å². The molecule has 0 amide bonds. The summed E-state index contributed by atoms with van der Waals surface area (Å²) in [7, 11) is -0.585. The van der Waals surface area contributed by atoms with Crippen LogP contribution >= 0.6 is 0 Å². The maximum atomic E-state index is 12.0. The first-order chi connectivity index (χ1) is 12.6. The fourth-order valence-electron chi connectivity index (χ4n) is 3.52. The molecule has 7 heteroatoms. The molecule has 0 N–H and O–H groups in total. The molecule has 0 bridgehead atoms. The van der Waals surface area contributed by atoms with Crippen LogP contribution in [-0.4, -0.2) is 41.1 Å². The zero-order valence-corrected chi connectivity index (χ0v) is 16.7. The first kappa shape index (κ1) is 19.6. The van der Waals surface area contributed by atoms with Crippen LogP contribution in [-0.2, 0) is 18.8 Å². The molecule has 2 atom stereocenters. The van der Waals surface area contributed by atoms with E-state index in [1.54, 1.807) is 26.0 Å². The number of hydrogen-bond donors (Lipinski definition) is 0. The molecule has 0 spiro atoms. The minimum absolute atomic E-state index is 0.0657. The Kier molecular flexibility index (Phi) is 4.95. The number of pyridine rings is 1. The minimum Gasteiger partial charge on any atom is -0.462 e. The lowest BCUT2D eigenvalue weighted by Gasteiger charge is -2.40. The molecule has 2 aromatic rings. The van der Waals surface area contributed by atoms with Crippen LogP contribution in [0.3, 0.4) is 0 Å². The third-order valence-electron chi connectivity index (χ3n) is 5.79. The highest BCUT2D eigenvalue weighted by molar-refractivity contribution is 6.62. The highest BCUT2D eigenvalue weighted by Gasteiger charge is 2.58. The van der Waals surface area contributed by atoms with Crippen LogP contribution in [0.4, 0.5) is 0 Å². The standard InChI is InChI=1S/C20H26BNO5/c1-7-25-18(24)15-8-9-22-12-16(11-17(22)10-15)21-26-19(4,5)20(6,27-21)13(2)14(3)23/h8-13H,7H2,1-6H3. The Labute approximate surface area is 159 Å². The minimum atomic E-state index is -0.742. The lowest BCUT2D eigenvalue weighted by atomic mass is 9.76. The highest BCUT2D eigenvalue weighted by atomic mass is 16.7. The molecule has 1 aliphatic rings. The van der Waals surface area contributed by atoms with E-state index in [9.17, 15) is 9.59 Å². The van der Waals surface area contributed by atoms with Gasteiger partial charge in [-0.2, -0.15) is 0 Å². The Bertz CT molecular complexity index is 890. The lowest BCUT2D eigenvalue weighted by Crippen LogP contribution is -2.51. The van der Waals surface area contributed by atoms with Crippen LogP contribution in [0.2, 0.25) is 0 Å². The molecule has 2 aromatic heterocycles. The van der Waals surface area contributed by atoms with Gasteiger partial charge in [0, 0.05) is 29.3 Å². The number of fused-ring (bicyclic) bond motifs is 1. The van der Waals surface area contributed by atoms with Crippen LogP contribution in [0.15, 0.2) is 30.6 Å². The van der Waals surface area contributed by atoms with E-state index in [2.05, 4.69) is 0 Å². The van der Waals surface area contributed by atoms with Crippen molar-refractivity contribution in [2.45, 2.75) is 52.7 Å². The van der Waals surface area contributed by atoms with E-state index in [1.807, 2.05) is 50.6 Å². The summed E-state index contributed by atoms with van der Waals surface area (Å²) in [5, 5.41) is 0. The van der Waals surface area contributed by atoms with Crippen molar-refractivity contribution < 1.29 is 23.6 Å². The normalized spacial score (nSPS) is 22.8. The van der Waals surface area contributed by atoms with Crippen LogP contribution < -0.4 is 5.46 Å². The molecule has 144 valence electrons. The van der Waals surface area contributed by atoms with E-state index in [0.29, 0.717) is 12.2 Å². The number of rotatable bonds is 5. The van der Waals surface area contributed by atoms with Crippen molar-refractivity contribution in [3.63, 3.8) is 0 Å². The first-order valence-electron chi connectivity index (χ1n) is 9.24. The molecule has 6 nitrogen and oxygen atoms in total. The van der Waals surface area contributed by atoms with Gasteiger partial charge in [0.25, 0.3) is 0 Å². The summed E-state index contributed by atoms with van der Waals surface area (Å²) in [6.07, 6.45) is 3.72. The summed E-state index contributed by atoms with van der Waals surface area (Å²) in [4.78, 5) is 23.9. The molecular formula is C20H26BNO5. The van der Waals surface area contributed by atoms with Gasteiger partial charge in [0.15, 0.2) is 0 Å². The molecule has 2 unspecified atom stereocenters. The van der Waals surface area contributed by atoms with E-state index in [-0.39, 0.29) is 17.7 Å². The van der Waals surface area contributed by atoms with E-state index in [4.69, 9.17) is 14.0 Å². The Morgan fingerprint density at radius 1 is 1.26 bits per heavy atom. The monoisotopic (exact) mass is 371 g/mol. The average Bonchev–Trinajstić information content (AvgIpc) is 3.12. The summed E-state index contributed by atoms with van der Waals surface area (Å²) in [5.41, 5.74) is 0.802. The highest BCUT2D eigenvalue weighted by Crippen LogP contribution is 2.42.